The zero-order valence-corrected chi connectivity index (χ0v) is 7.93. The van der Waals surface area contributed by atoms with E-state index in [9.17, 15) is 0 Å². The molecule has 1 atom stereocenters. The van der Waals surface area contributed by atoms with Crippen LogP contribution < -0.4 is 5.73 Å². The summed E-state index contributed by atoms with van der Waals surface area (Å²) in [4.78, 5) is 4.11. The second-order valence-electron chi connectivity index (χ2n) is 2.54. The summed E-state index contributed by atoms with van der Waals surface area (Å²) in [5, 5.41) is 8.07. The number of imidazole rings is 1. The standard InChI is InChI=1S/C7H12N4S/c1-5(6(8)9)12-7-10-3-4-11(7)2/h3-5H,1-2H3,(H3,8,9). The Kier molecular flexibility index (Phi) is 2.75. The molecule has 66 valence electrons. The summed E-state index contributed by atoms with van der Waals surface area (Å²) in [6, 6.07) is 0. The number of rotatable bonds is 3. The molecule has 1 rings (SSSR count). The van der Waals surface area contributed by atoms with Crippen molar-refractivity contribution in [2.45, 2.75) is 17.3 Å². The Balaban J connectivity index is 2.64. The van der Waals surface area contributed by atoms with Gasteiger partial charge in [-0.15, -0.1) is 0 Å². The van der Waals surface area contributed by atoms with E-state index in [-0.39, 0.29) is 11.1 Å². The molecule has 0 saturated carbocycles. The van der Waals surface area contributed by atoms with Crippen LogP contribution in [-0.4, -0.2) is 20.6 Å². The first-order chi connectivity index (χ1) is 5.61. The minimum absolute atomic E-state index is 0.00824. The van der Waals surface area contributed by atoms with Crippen LogP contribution in [0, 0.1) is 5.41 Å². The molecule has 0 spiro atoms. The van der Waals surface area contributed by atoms with Crippen molar-refractivity contribution in [3.05, 3.63) is 12.4 Å². The van der Waals surface area contributed by atoms with Crippen molar-refractivity contribution in [1.82, 2.24) is 9.55 Å². The Labute approximate surface area is 75.7 Å². The van der Waals surface area contributed by atoms with E-state index >= 15 is 0 Å². The lowest BCUT2D eigenvalue weighted by Crippen LogP contribution is -2.22. The number of nitrogens with one attached hydrogen (secondary N) is 1. The second kappa shape index (κ2) is 3.62. The quantitative estimate of drug-likeness (QED) is 0.415. The minimum atomic E-state index is -0.00824. The average Bonchev–Trinajstić information content (AvgIpc) is 2.36. The number of amidine groups is 1. The maximum absolute atomic E-state index is 7.19. The van der Waals surface area contributed by atoms with Gasteiger partial charge in [-0.05, 0) is 6.92 Å². The van der Waals surface area contributed by atoms with E-state index in [2.05, 4.69) is 4.98 Å². The Hall–Kier alpha value is -0.970. The van der Waals surface area contributed by atoms with E-state index < -0.39 is 0 Å². The number of nitrogens with zero attached hydrogens (tertiary/aromatic N) is 2. The topological polar surface area (TPSA) is 67.7 Å². The third kappa shape index (κ3) is 2.01. The van der Waals surface area contributed by atoms with E-state index in [4.69, 9.17) is 11.1 Å². The molecule has 0 radical (unpaired) electrons. The second-order valence-corrected chi connectivity index (χ2v) is 3.84. The number of nitrogens with two attached hydrogens (primary N) is 1. The molecule has 0 aliphatic carbocycles. The van der Waals surface area contributed by atoms with Crippen LogP contribution in [0.15, 0.2) is 17.6 Å². The van der Waals surface area contributed by atoms with E-state index in [1.54, 1.807) is 6.20 Å². The molecule has 0 saturated heterocycles. The van der Waals surface area contributed by atoms with Gasteiger partial charge in [-0.2, -0.15) is 0 Å². The number of aryl methyl sites for hydroxylation is 1. The summed E-state index contributed by atoms with van der Waals surface area (Å²) < 4.78 is 1.91. The molecule has 12 heavy (non-hydrogen) atoms. The fourth-order valence-electron chi connectivity index (χ4n) is 0.687. The Morgan fingerprint density at radius 1 is 1.83 bits per heavy atom. The van der Waals surface area contributed by atoms with Gasteiger partial charge < -0.3 is 10.3 Å². The lowest BCUT2D eigenvalue weighted by Gasteiger charge is -2.07. The van der Waals surface area contributed by atoms with Gasteiger partial charge >= 0.3 is 0 Å². The highest BCUT2D eigenvalue weighted by molar-refractivity contribution is 8.00. The monoisotopic (exact) mass is 184 g/mol. The molecule has 1 unspecified atom stereocenters. The largest absolute Gasteiger partial charge is 0.387 e. The predicted molar refractivity (Wildman–Crippen MR) is 50.4 cm³/mol. The lowest BCUT2D eigenvalue weighted by molar-refractivity contribution is 0.789. The van der Waals surface area contributed by atoms with Crippen LogP contribution in [0.5, 0.6) is 0 Å². The Morgan fingerprint density at radius 2 is 2.50 bits per heavy atom. The summed E-state index contributed by atoms with van der Waals surface area (Å²) in [6.07, 6.45) is 3.60. The van der Waals surface area contributed by atoms with E-state index in [0.717, 1.165) is 5.16 Å². The molecular weight excluding hydrogens is 172 g/mol. The molecule has 0 aliphatic rings. The third-order valence-electron chi connectivity index (χ3n) is 1.50. The van der Waals surface area contributed by atoms with Crippen molar-refractivity contribution in [1.29, 1.82) is 5.41 Å². The van der Waals surface area contributed by atoms with E-state index in [1.165, 1.54) is 11.8 Å². The van der Waals surface area contributed by atoms with Crippen LogP contribution in [0.4, 0.5) is 0 Å². The molecule has 1 heterocycles. The van der Waals surface area contributed by atoms with Crippen LogP contribution in [0.1, 0.15) is 6.92 Å². The smallest absolute Gasteiger partial charge is 0.168 e. The highest BCUT2D eigenvalue weighted by Gasteiger charge is 2.09. The van der Waals surface area contributed by atoms with Gasteiger partial charge in [0.2, 0.25) is 0 Å². The molecule has 0 amide bonds. The van der Waals surface area contributed by atoms with Gasteiger partial charge in [-0.25, -0.2) is 4.98 Å². The van der Waals surface area contributed by atoms with Crippen molar-refractivity contribution in [2.75, 3.05) is 0 Å². The molecule has 5 heteroatoms. The van der Waals surface area contributed by atoms with E-state index in [0.29, 0.717) is 0 Å². The molecule has 1 aromatic heterocycles. The number of hydrogen-bond acceptors (Lipinski definition) is 3. The summed E-state index contributed by atoms with van der Waals surface area (Å²) >= 11 is 1.49. The first-order valence-electron chi connectivity index (χ1n) is 3.59. The Morgan fingerprint density at radius 3 is 2.92 bits per heavy atom. The molecule has 0 fully saturated rings. The van der Waals surface area contributed by atoms with Crippen LogP contribution in [-0.2, 0) is 7.05 Å². The van der Waals surface area contributed by atoms with Crippen molar-refractivity contribution in [2.24, 2.45) is 12.8 Å². The first kappa shape index (κ1) is 9.12. The van der Waals surface area contributed by atoms with E-state index in [1.807, 2.05) is 24.7 Å². The lowest BCUT2D eigenvalue weighted by atomic mass is 10.4. The molecule has 3 N–H and O–H groups in total. The maximum atomic E-state index is 7.19. The molecule has 0 aliphatic heterocycles. The van der Waals surface area contributed by atoms with Gasteiger partial charge in [0.05, 0.1) is 5.25 Å². The molecular formula is C7H12N4S. The summed E-state index contributed by atoms with van der Waals surface area (Å²) in [5.74, 6) is 0.183. The van der Waals surface area contributed by atoms with Gasteiger partial charge in [-0.3, -0.25) is 5.41 Å². The Bertz CT molecular complexity index is 281. The molecule has 1 aromatic rings. The molecule has 4 nitrogen and oxygen atoms in total. The number of aromatic nitrogens is 2. The van der Waals surface area contributed by atoms with Crippen molar-refractivity contribution in [3.8, 4) is 0 Å². The fraction of sp³-hybridized carbons (Fsp3) is 0.429. The van der Waals surface area contributed by atoms with Crippen LogP contribution in [0.2, 0.25) is 0 Å². The zero-order valence-electron chi connectivity index (χ0n) is 7.11. The predicted octanol–water partition coefficient (Wildman–Crippen LogP) is 0.837. The van der Waals surface area contributed by atoms with Crippen LogP contribution in [0.3, 0.4) is 0 Å². The van der Waals surface area contributed by atoms with Gasteiger partial charge in [0.25, 0.3) is 0 Å². The van der Waals surface area contributed by atoms with Crippen molar-refractivity contribution in [3.63, 3.8) is 0 Å². The first-order valence-corrected chi connectivity index (χ1v) is 4.47. The SMILES string of the molecule is CC(Sc1nccn1C)C(=N)N. The minimum Gasteiger partial charge on any atom is -0.387 e. The van der Waals surface area contributed by atoms with Crippen LogP contribution in [0.25, 0.3) is 0 Å². The van der Waals surface area contributed by atoms with Gasteiger partial charge in [0, 0.05) is 19.4 Å². The maximum Gasteiger partial charge on any atom is 0.168 e. The van der Waals surface area contributed by atoms with Crippen molar-refractivity contribution < 1.29 is 0 Å². The zero-order chi connectivity index (χ0) is 9.14. The van der Waals surface area contributed by atoms with Crippen molar-refractivity contribution >= 4 is 17.6 Å². The highest BCUT2D eigenvalue weighted by atomic mass is 32.2. The summed E-state index contributed by atoms with van der Waals surface area (Å²) in [6.45, 7) is 1.89. The van der Waals surface area contributed by atoms with Gasteiger partial charge in [-0.1, -0.05) is 11.8 Å². The van der Waals surface area contributed by atoms with Gasteiger partial charge in [0.1, 0.15) is 5.84 Å². The molecule has 0 aromatic carbocycles. The van der Waals surface area contributed by atoms with Crippen LogP contribution >= 0.6 is 11.8 Å². The summed E-state index contributed by atoms with van der Waals surface area (Å²) in [7, 11) is 1.92. The van der Waals surface area contributed by atoms with Gasteiger partial charge in [0.15, 0.2) is 5.16 Å². The fourth-order valence-corrected chi connectivity index (χ4v) is 1.48. The molecule has 0 bridgehead atoms. The normalized spacial score (nSPS) is 12.8. The average molecular weight is 184 g/mol. The third-order valence-corrected chi connectivity index (χ3v) is 2.71. The number of hydrogen-bond donors (Lipinski definition) is 2. The summed E-state index contributed by atoms with van der Waals surface area (Å²) in [5.41, 5.74) is 5.33. The highest BCUT2D eigenvalue weighted by Crippen LogP contribution is 2.19. The number of thioether (sulfide) groups is 1.